The third kappa shape index (κ3) is 2.89. The lowest BCUT2D eigenvalue weighted by Crippen LogP contribution is -2.33. The lowest BCUT2D eigenvalue weighted by atomic mass is 10.1. The molecule has 7 heteroatoms. The minimum absolute atomic E-state index is 0.127. The average Bonchev–Trinajstić information content (AvgIpc) is 2.86. The number of benzene rings is 1. The van der Waals surface area contributed by atoms with Crippen LogP contribution in [0.15, 0.2) is 24.5 Å². The van der Waals surface area contributed by atoms with Gasteiger partial charge in [0.25, 0.3) is 5.24 Å². The van der Waals surface area contributed by atoms with Crippen LogP contribution in [0.5, 0.6) is 0 Å². The van der Waals surface area contributed by atoms with Crippen molar-refractivity contribution in [2.24, 2.45) is 0 Å². The van der Waals surface area contributed by atoms with Gasteiger partial charge >= 0.3 is 0 Å². The summed E-state index contributed by atoms with van der Waals surface area (Å²) in [6.45, 7) is 2.92. The molecule has 1 N–H and O–H groups in total. The van der Waals surface area contributed by atoms with E-state index in [1.807, 2.05) is 6.07 Å². The first-order valence-electron chi connectivity index (χ1n) is 7.13. The molecule has 1 aliphatic heterocycles. The molecule has 6 nitrogen and oxygen atoms in total. The summed E-state index contributed by atoms with van der Waals surface area (Å²) in [7, 11) is 0. The zero-order valence-electron chi connectivity index (χ0n) is 12.2. The Kier molecular flexibility index (Phi) is 4.24. The smallest absolute Gasteiger partial charge is 0.288 e. The number of amides is 2. The van der Waals surface area contributed by atoms with Crippen LogP contribution in [0.2, 0.25) is 0 Å². The molecular weight excluding hydrogens is 300 g/mol. The van der Waals surface area contributed by atoms with Gasteiger partial charge in [0.05, 0.1) is 11.3 Å². The van der Waals surface area contributed by atoms with Gasteiger partial charge in [-0.15, -0.1) is 0 Å². The van der Waals surface area contributed by atoms with Crippen LogP contribution in [0.3, 0.4) is 0 Å². The summed E-state index contributed by atoms with van der Waals surface area (Å²) in [5.41, 5.74) is 2.09. The van der Waals surface area contributed by atoms with Crippen molar-refractivity contribution in [2.75, 3.05) is 24.2 Å². The summed E-state index contributed by atoms with van der Waals surface area (Å²) in [5, 5.41) is 3.98. The Hall–Kier alpha value is -2.15. The number of hydrogen-bond donors (Lipinski definition) is 1. The molecule has 114 valence electrons. The van der Waals surface area contributed by atoms with Crippen molar-refractivity contribution >= 4 is 39.6 Å². The summed E-state index contributed by atoms with van der Waals surface area (Å²) in [6.07, 6.45) is 2.45. The van der Waals surface area contributed by atoms with Crippen molar-refractivity contribution in [1.82, 2.24) is 14.9 Å². The number of hydrogen-bond acceptors (Lipinski definition) is 6. The maximum atomic E-state index is 11.6. The lowest BCUT2D eigenvalue weighted by molar-refractivity contribution is -0.124. The first-order chi connectivity index (χ1) is 10.7. The molecule has 2 amide bonds. The van der Waals surface area contributed by atoms with E-state index in [2.05, 4.69) is 34.3 Å². The minimum atomic E-state index is -0.174. The SMILES string of the molecule is CCc1ccc2ncnc(NCCN3C(=O)CSC3=O)c2c1. The highest BCUT2D eigenvalue weighted by Crippen LogP contribution is 2.21. The quantitative estimate of drug-likeness (QED) is 0.912. The Bertz CT molecular complexity index is 719. The second-order valence-electron chi connectivity index (χ2n) is 4.95. The molecular formula is C15H16N4O2S. The average molecular weight is 316 g/mol. The molecule has 2 aromatic rings. The summed E-state index contributed by atoms with van der Waals surface area (Å²) in [6, 6.07) is 6.10. The number of nitrogens with one attached hydrogen (secondary N) is 1. The fraction of sp³-hybridized carbons (Fsp3) is 0.333. The molecule has 1 aromatic heterocycles. The zero-order chi connectivity index (χ0) is 15.5. The fourth-order valence-corrected chi connectivity index (χ4v) is 3.10. The number of rotatable bonds is 5. The van der Waals surface area contributed by atoms with Crippen LogP contribution in [-0.4, -0.2) is 44.9 Å². The molecule has 0 radical (unpaired) electrons. The molecule has 0 spiro atoms. The van der Waals surface area contributed by atoms with E-state index in [0.717, 1.165) is 34.9 Å². The molecule has 0 bridgehead atoms. The maximum Gasteiger partial charge on any atom is 0.288 e. The van der Waals surface area contributed by atoms with Gasteiger partial charge in [0.1, 0.15) is 12.1 Å². The molecule has 1 fully saturated rings. The number of imide groups is 1. The van der Waals surface area contributed by atoms with Crippen molar-refractivity contribution in [2.45, 2.75) is 13.3 Å². The molecule has 0 atom stereocenters. The zero-order valence-corrected chi connectivity index (χ0v) is 13.0. The Balaban J connectivity index is 1.73. The van der Waals surface area contributed by atoms with Crippen molar-refractivity contribution in [1.29, 1.82) is 0 Å². The van der Waals surface area contributed by atoms with E-state index in [1.165, 1.54) is 16.8 Å². The van der Waals surface area contributed by atoms with Gasteiger partial charge in [-0.1, -0.05) is 24.8 Å². The van der Waals surface area contributed by atoms with Crippen molar-refractivity contribution in [3.8, 4) is 0 Å². The molecule has 0 aliphatic carbocycles. The van der Waals surface area contributed by atoms with E-state index in [1.54, 1.807) is 0 Å². The number of aromatic nitrogens is 2. The Morgan fingerprint density at radius 2 is 2.18 bits per heavy atom. The minimum Gasteiger partial charge on any atom is -0.368 e. The maximum absolute atomic E-state index is 11.6. The fourth-order valence-electron chi connectivity index (χ4n) is 2.35. The predicted molar refractivity (Wildman–Crippen MR) is 87.0 cm³/mol. The number of anilines is 1. The van der Waals surface area contributed by atoms with Gasteiger partial charge in [-0.05, 0) is 24.1 Å². The standard InChI is InChI=1S/C15H16N4O2S/c1-2-10-3-4-12-11(7-10)14(18-9-17-12)16-5-6-19-13(20)8-22-15(19)21/h3-4,7,9H,2,5-6,8H2,1H3,(H,16,17,18). The van der Waals surface area contributed by atoms with Gasteiger partial charge in [0.15, 0.2) is 0 Å². The molecule has 1 aliphatic rings. The van der Waals surface area contributed by atoms with Gasteiger partial charge in [-0.2, -0.15) is 0 Å². The number of aryl methyl sites for hydroxylation is 1. The van der Waals surface area contributed by atoms with Crippen molar-refractivity contribution in [3.63, 3.8) is 0 Å². The van der Waals surface area contributed by atoms with Crippen molar-refractivity contribution < 1.29 is 9.59 Å². The highest BCUT2D eigenvalue weighted by Gasteiger charge is 2.29. The van der Waals surface area contributed by atoms with E-state index in [4.69, 9.17) is 0 Å². The van der Waals surface area contributed by atoms with E-state index < -0.39 is 0 Å². The topological polar surface area (TPSA) is 75.2 Å². The number of thioether (sulfide) groups is 1. The highest BCUT2D eigenvalue weighted by molar-refractivity contribution is 8.14. The third-order valence-corrected chi connectivity index (χ3v) is 4.44. The van der Waals surface area contributed by atoms with Crippen LogP contribution in [0.1, 0.15) is 12.5 Å². The molecule has 0 saturated carbocycles. The molecule has 1 saturated heterocycles. The summed E-state index contributed by atoms with van der Waals surface area (Å²) >= 11 is 1.05. The molecule has 3 rings (SSSR count). The van der Waals surface area contributed by atoms with Gasteiger partial charge in [0, 0.05) is 18.5 Å². The van der Waals surface area contributed by atoms with Crippen LogP contribution >= 0.6 is 11.8 Å². The number of carbonyl (C=O) groups excluding carboxylic acids is 2. The van der Waals surface area contributed by atoms with Gasteiger partial charge in [0.2, 0.25) is 5.91 Å². The second kappa shape index (κ2) is 6.31. The van der Waals surface area contributed by atoms with Gasteiger partial charge < -0.3 is 5.32 Å². The molecule has 2 heterocycles. The number of nitrogens with zero attached hydrogens (tertiary/aromatic N) is 3. The van der Waals surface area contributed by atoms with E-state index in [-0.39, 0.29) is 16.9 Å². The number of carbonyl (C=O) groups is 2. The van der Waals surface area contributed by atoms with Crippen molar-refractivity contribution in [3.05, 3.63) is 30.1 Å². The Morgan fingerprint density at radius 3 is 2.91 bits per heavy atom. The highest BCUT2D eigenvalue weighted by atomic mass is 32.2. The first-order valence-corrected chi connectivity index (χ1v) is 8.12. The van der Waals surface area contributed by atoms with Crippen LogP contribution < -0.4 is 5.32 Å². The normalized spacial score (nSPS) is 14.9. The van der Waals surface area contributed by atoms with E-state index >= 15 is 0 Å². The third-order valence-electron chi connectivity index (χ3n) is 3.58. The predicted octanol–water partition coefficient (Wildman–Crippen LogP) is 2.30. The second-order valence-corrected chi connectivity index (χ2v) is 5.88. The van der Waals surface area contributed by atoms with Crippen LogP contribution in [-0.2, 0) is 11.2 Å². The molecule has 22 heavy (non-hydrogen) atoms. The van der Waals surface area contributed by atoms with Gasteiger partial charge in [-0.3, -0.25) is 14.5 Å². The van der Waals surface area contributed by atoms with Crippen LogP contribution in [0.25, 0.3) is 10.9 Å². The summed E-state index contributed by atoms with van der Waals surface area (Å²) in [5.74, 6) is 0.847. The van der Waals surface area contributed by atoms with E-state index in [9.17, 15) is 9.59 Å². The summed E-state index contributed by atoms with van der Waals surface area (Å²) in [4.78, 5) is 32.9. The Labute approximate surface area is 132 Å². The first kappa shape index (κ1) is 14.8. The van der Waals surface area contributed by atoms with E-state index in [0.29, 0.717) is 13.1 Å². The molecule has 0 unspecified atom stereocenters. The molecule has 1 aromatic carbocycles. The Morgan fingerprint density at radius 1 is 1.32 bits per heavy atom. The number of fused-ring (bicyclic) bond motifs is 1. The summed E-state index contributed by atoms with van der Waals surface area (Å²) < 4.78 is 0. The van der Waals surface area contributed by atoms with Crippen LogP contribution in [0, 0.1) is 0 Å². The monoisotopic (exact) mass is 316 g/mol. The lowest BCUT2D eigenvalue weighted by Gasteiger charge is -2.14. The largest absolute Gasteiger partial charge is 0.368 e. The van der Waals surface area contributed by atoms with Crippen LogP contribution in [0.4, 0.5) is 10.6 Å². The van der Waals surface area contributed by atoms with Gasteiger partial charge in [-0.25, -0.2) is 9.97 Å².